The predicted molar refractivity (Wildman–Crippen MR) is 47.1 cm³/mol. The Hall–Kier alpha value is 0.660. The second kappa shape index (κ2) is 3.74. The maximum atomic E-state index is 4.11. The molecule has 0 radical (unpaired) electrons. The highest BCUT2D eigenvalue weighted by molar-refractivity contribution is 8.68. The van der Waals surface area contributed by atoms with Crippen molar-refractivity contribution in [1.29, 1.82) is 0 Å². The maximum Gasteiger partial charge on any atom is 0.0188 e. The van der Waals surface area contributed by atoms with Crippen molar-refractivity contribution in [3.05, 3.63) is 0 Å². The fraction of sp³-hybridized carbons (Fsp3) is 1.00. The van der Waals surface area contributed by atoms with E-state index in [2.05, 4.69) is 23.5 Å². The fourth-order valence-electron chi connectivity index (χ4n) is 0.995. The van der Waals surface area contributed by atoms with Crippen LogP contribution in [0.25, 0.3) is 0 Å². The first-order valence-electron chi connectivity index (χ1n) is 3.35. The first kappa shape index (κ1) is 7.76. The number of hydrogen-bond acceptors (Lipinski definition) is 3. The van der Waals surface area contributed by atoms with Gasteiger partial charge in [0.05, 0.1) is 0 Å². The van der Waals surface area contributed by atoms with Gasteiger partial charge in [-0.2, -0.15) is 0 Å². The fourth-order valence-corrected chi connectivity index (χ4v) is 2.07. The third-order valence-electron chi connectivity index (χ3n) is 1.83. The summed E-state index contributed by atoms with van der Waals surface area (Å²) >= 11 is 4.11. The van der Waals surface area contributed by atoms with Gasteiger partial charge in [-0.05, 0) is 26.4 Å². The van der Waals surface area contributed by atoms with Crippen molar-refractivity contribution in [2.45, 2.75) is 19.4 Å². The molecule has 1 rings (SSSR count). The molecule has 1 aliphatic heterocycles. The van der Waals surface area contributed by atoms with Crippen LogP contribution in [-0.2, 0) is 0 Å². The van der Waals surface area contributed by atoms with Crippen LogP contribution >= 0.6 is 22.5 Å². The lowest BCUT2D eigenvalue weighted by atomic mass is 10.2. The molecular weight excluding hydrogens is 150 g/mol. The third-order valence-corrected chi connectivity index (χ3v) is 2.91. The molecule has 1 unspecified atom stereocenters. The van der Waals surface area contributed by atoms with E-state index < -0.39 is 0 Å². The molecule has 1 fully saturated rings. The Balaban J connectivity index is 2.08. The van der Waals surface area contributed by atoms with E-state index in [1.807, 2.05) is 0 Å². The van der Waals surface area contributed by atoms with Gasteiger partial charge in [-0.15, -0.1) is 11.7 Å². The minimum absolute atomic E-state index is 0.737. The van der Waals surface area contributed by atoms with E-state index in [-0.39, 0.29) is 0 Å². The number of rotatable bonds is 3. The van der Waals surface area contributed by atoms with Gasteiger partial charge in [-0.25, -0.2) is 0 Å². The molecule has 1 heterocycles. The average Bonchev–Trinajstić information content (AvgIpc) is 1.60. The monoisotopic (exact) mass is 163 g/mol. The lowest BCUT2D eigenvalue weighted by molar-refractivity contribution is 0.141. The van der Waals surface area contributed by atoms with Gasteiger partial charge in [-0.1, -0.05) is 10.8 Å². The Morgan fingerprint density at radius 1 is 1.67 bits per heavy atom. The van der Waals surface area contributed by atoms with Crippen molar-refractivity contribution in [1.82, 2.24) is 4.90 Å². The van der Waals surface area contributed by atoms with Crippen molar-refractivity contribution in [3.8, 4) is 0 Å². The SMILES string of the molecule is CC(CSS)N1CCC1. The highest BCUT2D eigenvalue weighted by atomic mass is 33.1. The Kier molecular flexibility index (Phi) is 3.22. The van der Waals surface area contributed by atoms with Crippen LogP contribution < -0.4 is 0 Å². The topological polar surface area (TPSA) is 3.24 Å². The van der Waals surface area contributed by atoms with Gasteiger partial charge in [0.15, 0.2) is 0 Å². The van der Waals surface area contributed by atoms with Gasteiger partial charge in [0, 0.05) is 11.8 Å². The first-order chi connectivity index (χ1) is 4.34. The number of hydrogen-bond donors (Lipinski definition) is 1. The van der Waals surface area contributed by atoms with Crippen LogP contribution in [0.15, 0.2) is 0 Å². The van der Waals surface area contributed by atoms with Crippen LogP contribution in [0.4, 0.5) is 0 Å². The van der Waals surface area contributed by atoms with Gasteiger partial charge in [0.25, 0.3) is 0 Å². The quantitative estimate of drug-likeness (QED) is 0.498. The molecule has 1 atom stereocenters. The molecule has 9 heavy (non-hydrogen) atoms. The summed E-state index contributed by atoms with van der Waals surface area (Å²) in [5, 5.41) is 0. The molecule has 0 aromatic carbocycles. The Bertz CT molecular complexity index is 83.1. The van der Waals surface area contributed by atoms with Crippen LogP contribution in [0.2, 0.25) is 0 Å². The van der Waals surface area contributed by atoms with Crippen LogP contribution in [-0.4, -0.2) is 29.8 Å². The van der Waals surface area contributed by atoms with Crippen LogP contribution in [0.5, 0.6) is 0 Å². The van der Waals surface area contributed by atoms with Crippen LogP contribution in [0.1, 0.15) is 13.3 Å². The predicted octanol–water partition coefficient (Wildman–Crippen LogP) is 1.66. The molecule has 0 spiro atoms. The highest BCUT2D eigenvalue weighted by Gasteiger charge is 2.18. The summed E-state index contributed by atoms with van der Waals surface area (Å²) in [7, 11) is 1.64. The first-order valence-corrected chi connectivity index (χ1v) is 5.39. The molecule has 0 aromatic heterocycles. The summed E-state index contributed by atoms with van der Waals surface area (Å²) in [5.74, 6) is 1.16. The molecule has 54 valence electrons. The van der Waals surface area contributed by atoms with E-state index in [0.29, 0.717) is 0 Å². The lowest BCUT2D eigenvalue weighted by Gasteiger charge is -2.35. The summed E-state index contributed by atoms with van der Waals surface area (Å²) in [5.41, 5.74) is 0. The Labute approximate surface area is 66.0 Å². The normalized spacial score (nSPS) is 23.3. The van der Waals surface area contributed by atoms with Crippen LogP contribution in [0, 0.1) is 0 Å². The van der Waals surface area contributed by atoms with Gasteiger partial charge in [-0.3, -0.25) is 4.90 Å². The molecule has 3 heteroatoms. The van der Waals surface area contributed by atoms with E-state index in [1.54, 1.807) is 10.8 Å². The van der Waals surface area contributed by atoms with Crippen molar-refractivity contribution in [2.75, 3.05) is 18.8 Å². The minimum Gasteiger partial charge on any atom is -0.300 e. The van der Waals surface area contributed by atoms with Gasteiger partial charge in [0.1, 0.15) is 0 Å². The maximum absolute atomic E-state index is 4.11. The zero-order valence-electron chi connectivity index (χ0n) is 5.71. The zero-order valence-corrected chi connectivity index (χ0v) is 7.42. The summed E-state index contributed by atoms with van der Waals surface area (Å²) < 4.78 is 0. The smallest absolute Gasteiger partial charge is 0.0188 e. The summed E-state index contributed by atoms with van der Waals surface area (Å²) in [6.45, 7) is 4.87. The highest BCUT2D eigenvalue weighted by Crippen LogP contribution is 2.16. The number of likely N-dealkylation sites (tertiary alicyclic amines) is 1. The van der Waals surface area contributed by atoms with Gasteiger partial charge >= 0.3 is 0 Å². The minimum atomic E-state index is 0.737. The third kappa shape index (κ3) is 2.06. The number of nitrogens with zero attached hydrogens (tertiary/aromatic N) is 1. The van der Waals surface area contributed by atoms with E-state index in [0.717, 1.165) is 11.8 Å². The molecule has 1 aliphatic rings. The second-order valence-electron chi connectivity index (χ2n) is 2.53. The van der Waals surface area contributed by atoms with Crippen molar-refractivity contribution >= 4 is 22.5 Å². The van der Waals surface area contributed by atoms with Crippen molar-refractivity contribution < 1.29 is 0 Å². The summed E-state index contributed by atoms with van der Waals surface area (Å²) in [6, 6.07) is 0.737. The van der Waals surface area contributed by atoms with Crippen LogP contribution in [0.3, 0.4) is 0 Å². The van der Waals surface area contributed by atoms with Crippen molar-refractivity contribution in [3.63, 3.8) is 0 Å². The van der Waals surface area contributed by atoms with E-state index in [1.165, 1.54) is 19.5 Å². The zero-order chi connectivity index (χ0) is 6.69. The Morgan fingerprint density at radius 2 is 2.33 bits per heavy atom. The Morgan fingerprint density at radius 3 is 2.67 bits per heavy atom. The molecule has 0 N–H and O–H groups in total. The van der Waals surface area contributed by atoms with E-state index in [9.17, 15) is 0 Å². The molecule has 0 aliphatic carbocycles. The number of thiol groups is 1. The second-order valence-corrected chi connectivity index (χ2v) is 3.90. The standard InChI is InChI=1S/C6H13NS2/c1-6(5-9-8)7-3-2-4-7/h6,8H,2-5H2,1H3. The molecule has 1 nitrogen and oxygen atoms in total. The summed E-state index contributed by atoms with van der Waals surface area (Å²) in [6.07, 6.45) is 1.39. The summed E-state index contributed by atoms with van der Waals surface area (Å²) in [4.78, 5) is 2.49. The molecule has 1 saturated heterocycles. The lowest BCUT2D eigenvalue weighted by Crippen LogP contribution is -2.44. The molecule has 0 bridgehead atoms. The van der Waals surface area contributed by atoms with Gasteiger partial charge < -0.3 is 0 Å². The van der Waals surface area contributed by atoms with Crippen molar-refractivity contribution in [2.24, 2.45) is 0 Å². The molecule has 0 saturated carbocycles. The average molecular weight is 163 g/mol. The van der Waals surface area contributed by atoms with E-state index >= 15 is 0 Å². The van der Waals surface area contributed by atoms with Gasteiger partial charge in [0.2, 0.25) is 0 Å². The molecular formula is C6H13NS2. The molecule has 0 amide bonds. The largest absolute Gasteiger partial charge is 0.300 e. The molecule has 0 aromatic rings. The van der Waals surface area contributed by atoms with E-state index in [4.69, 9.17) is 0 Å².